The zero-order chi connectivity index (χ0) is 9.80. The topological polar surface area (TPSA) is 35.5 Å². The summed E-state index contributed by atoms with van der Waals surface area (Å²) in [5.41, 5.74) is 0. The molecule has 0 amide bonds. The zero-order valence-corrected chi connectivity index (χ0v) is 8.91. The third-order valence-corrected chi connectivity index (χ3v) is 3.60. The Morgan fingerprint density at radius 1 is 1.21 bits per heavy atom. The quantitative estimate of drug-likeness (QED) is 0.691. The number of nitrogens with zero attached hydrogens (tertiary/aromatic N) is 1. The highest BCUT2D eigenvalue weighted by molar-refractivity contribution is 4.79. The van der Waals surface area contributed by atoms with E-state index in [1.54, 1.807) is 0 Å². The highest BCUT2D eigenvalue weighted by Crippen LogP contribution is 2.27. The van der Waals surface area contributed by atoms with Gasteiger partial charge in [-0.15, -0.1) is 0 Å². The second kappa shape index (κ2) is 5.10. The largest absolute Gasteiger partial charge is 0.392 e. The summed E-state index contributed by atoms with van der Waals surface area (Å²) in [6, 6.07) is 0. The molecule has 0 bridgehead atoms. The van der Waals surface area contributed by atoms with Crippen LogP contribution in [-0.2, 0) is 0 Å². The van der Waals surface area contributed by atoms with Crippen molar-refractivity contribution in [3.8, 4) is 0 Å². The Kier molecular flexibility index (Phi) is 3.79. The van der Waals surface area contributed by atoms with Crippen LogP contribution in [0.5, 0.6) is 0 Å². The number of piperazine rings is 1. The maximum Gasteiger partial charge on any atom is 0.0695 e. The van der Waals surface area contributed by atoms with Crippen molar-refractivity contribution in [3.05, 3.63) is 0 Å². The molecule has 3 nitrogen and oxygen atoms in total. The van der Waals surface area contributed by atoms with Gasteiger partial charge < -0.3 is 10.4 Å². The highest BCUT2D eigenvalue weighted by atomic mass is 16.3. The van der Waals surface area contributed by atoms with Gasteiger partial charge in [0.15, 0.2) is 0 Å². The van der Waals surface area contributed by atoms with E-state index in [1.165, 1.54) is 25.7 Å². The van der Waals surface area contributed by atoms with Crippen molar-refractivity contribution in [2.24, 2.45) is 5.92 Å². The van der Waals surface area contributed by atoms with E-state index in [4.69, 9.17) is 0 Å². The van der Waals surface area contributed by atoms with E-state index in [0.717, 1.165) is 32.7 Å². The van der Waals surface area contributed by atoms with Gasteiger partial charge >= 0.3 is 0 Å². The normalized spacial score (nSPS) is 28.1. The third-order valence-electron chi connectivity index (χ3n) is 3.60. The second-order valence-corrected chi connectivity index (χ2v) is 4.66. The van der Waals surface area contributed by atoms with Gasteiger partial charge in [-0.25, -0.2) is 0 Å². The smallest absolute Gasteiger partial charge is 0.0695 e. The summed E-state index contributed by atoms with van der Waals surface area (Å²) in [5.74, 6) is 0.588. The predicted octanol–water partition coefficient (Wildman–Crippen LogP) is 0.443. The Bertz CT molecular complexity index is 163. The molecule has 0 aromatic carbocycles. The molecule has 2 fully saturated rings. The molecule has 0 radical (unpaired) electrons. The summed E-state index contributed by atoms with van der Waals surface area (Å²) in [5, 5.41) is 13.4. The molecule has 1 atom stereocenters. The first kappa shape index (κ1) is 10.4. The summed E-state index contributed by atoms with van der Waals surface area (Å²) in [6.45, 7) is 5.26. The van der Waals surface area contributed by atoms with Crippen LogP contribution in [0.3, 0.4) is 0 Å². The van der Waals surface area contributed by atoms with E-state index in [1.807, 2.05) is 0 Å². The van der Waals surface area contributed by atoms with Crippen LogP contribution < -0.4 is 5.32 Å². The van der Waals surface area contributed by atoms with Crippen molar-refractivity contribution in [3.63, 3.8) is 0 Å². The Hall–Kier alpha value is -0.120. The molecule has 82 valence electrons. The van der Waals surface area contributed by atoms with Crippen LogP contribution in [0.2, 0.25) is 0 Å². The average Bonchev–Trinajstić information content (AvgIpc) is 2.72. The maximum atomic E-state index is 10.0. The average molecular weight is 198 g/mol. The first-order valence-corrected chi connectivity index (χ1v) is 5.97. The van der Waals surface area contributed by atoms with Gasteiger partial charge in [0.25, 0.3) is 0 Å². The molecule has 1 aliphatic heterocycles. The lowest BCUT2D eigenvalue weighted by atomic mass is 10.0. The van der Waals surface area contributed by atoms with Gasteiger partial charge in [-0.2, -0.15) is 0 Å². The zero-order valence-electron chi connectivity index (χ0n) is 8.91. The fraction of sp³-hybridized carbons (Fsp3) is 1.00. The number of hydrogen-bond acceptors (Lipinski definition) is 3. The van der Waals surface area contributed by atoms with Crippen LogP contribution in [0, 0.1) is 5.92 Å². The van der Waals surface area contributed by atoms with Gasteiger partial charge in [0.1, 0.15) is 0 Å². The first-order chi connectivity index (χ1) is 6.86. The van der Waals surface area contributed by atoms with E-state index in [9.17, 15) is 5.11 Å². The Morgan fingerprint density at radius 3 is 2.50 bits per heavy atom. The van der Waals surface area contributed by atoms with Crippen LogP contribution in [0.1, 0.15) is 25.7 Å². The molecule has 0 aromatic rings. The molecule has 1 saturated carbocycles. The van der Waals surface area contributed by atoms with Crippen LogP contribution in [0.25, 0.3) is 0 Å². The van der Waals surface area contributed by atoms with E-state index >= 15 is 0 Å². The molecule has 2 aliphatic rings. The van der Waals surface area contributed by atoms with Crippen LogP contribution in [0.15, 0.2) is 0 Å². The van der Waals surface area contributed by atoms with Gasteiger partial charge in [0, 0.05) is 32.7 Å². The fourth-order valence-electron chi connectivity index (χ4n) is 2.65. The fourth-order valence-corrected chi connectivity index (χ4v) is 2.65. The van der Waals surface area contributed by atoms with Crippen molar-refractivity contribution in [2.45, 2.75) is 31.8 Å². The lowest BCUT2D eigenvalue weighted by Gasteiger charge is -2.30. The molecule has 1 heterocycles. The van der Waals surface area contributed by atoms with Crippen LogP contribution in [-0.4, -0.2) is 48.8 Å². The van der Waals surface area contributed by atoms with E-state index in [-0.39, 0.29) is 6.10 Å². The Balaban J connectivity index is 1.72. The molecule has 1 aliphatic carbocycles. The number of hydrogen-bond donors (Lipinski definition) is 2. The van der Waals surface area contributed by atoms with Crippen molar-refractivity contribution in [2.75, 3.05) is 32.7 Å². The van der Waals surface area contributed by atoms with Gasteiger partial charge in [-0.1, -0.05) is 12.8 Å². The van der Waals surface area contributed by atoms with Crippen molar-refractivity contribution in [1.29, 1.82) is 0 Å². The second-order valence-electron chi connectivity index (χ2n) is 4.66. The summed E-state index contributed by atoms with van der Waals surface area (Å²) >= 11 is 0. The summed E-state index contributed by atoms with van der Waals surface area (Å²) in [6.07, 6.45) is 5.06. The van der Waals surface area contributed by atoms with Gasteiger partial charge in [-0.05, 0) is 18.8 Å². The van der Waals surface area contributed by atoms with Crippen molar-refractivity contribution >= 4 is 0 Å². The molecule has 1 unspecified atom stereocenters. The lowest BCUT2D eigenvalue weighted by Crippen LogP contribution is -2.47. The van der Waals surface area contributed by atoms with Crippen LogP contribution >= 0.6 is 0 Å². The van der Waals surface area contributed by atoms with Crippen molar-refractivity contribution < 1.29 is 5.11 Å². The molecule has 2 rings (SSSR count). The third kappa shape index (κ3) is 2.69. The minimum absolute atomic E-state index is 0.0735. The number of rotatable bonds is 3. The standard InChI is InChI=1S/C11H22N2O/c14-11(10-3-1-2-4-10)9-13-7-5-12-6-8-13/h10-12,14H,1-9H2. The van der Waals surface area contributed by atoms with Gasteiger partial charge in [0.05, 0.1) is 6.10 Å². The minimum Gasteiger partial charge on any atom is -0.392 e. The van der Waals surface area contributed by atoms with Crippen LogP contribution in [0.4, 0.5) is 0 Å². The minimum atomic E-state index is -0.0735. The van der Waals surface area contributed by atoms with Crippen molar-refractivity contribution in [1.82, 2.24) is 10.2 Å². The molecule has 0 aromatic heterocycles. The lowest BCUT2D eigenvalue weighted by molar-refractivity contribution is 0.0612. The summed E-state index contributed by atoms with van der Waals surface area (Å²) in [4.78, 5) is 2.39. The summed E-state index contributed by atoms with van der Waals surface area (Å²) < 4.78 is 0. The first-order valence-electron chi connectivity index (χ1n) is 5.97. The van der Waals surface area contributed by atoms with E-state index in [0.29, 0.717) is 5.92 Å². The van der Waals surface area contributed by atoms with E-state index < -0.39 is 0 Å². The molecule has 14 heavy (non-hydrogen) atoms. The highest BCUT2D eigenvalue weighted by Gasteiger charge is 2.25. The number of aliphatic hydroxyl groups excluding tert-OH is 1. The Labute approximate surface area is 86.5 Å². The SMILES string of the molecule is OC(CN1CCNCC1)C1CCCC1. The monoisotopic (exact) mass is 198 g/mol. The predicted molar refractivity (Wildman–Crippen MR) is 57.3 cm³/mol. The van der Waals surface area contributed by atoms with Gasteiger partial charge in [0.2, 0.25) is 0 Å². The molecular formula is C11H22N2O. The number of aliphatic hydroxyl groups is 1. The Morgan fingerprint density at radius 2 is 1.86 bits per heavy atom. The molecule has 3 heteroatoms. The molecule has 2 N–H and O–H groups in total. The molecule has 1 saturated heterocycles. The number of nitrogens with one attached hydrogen (secondary N) is 1. The summed E-state index contributed by atoms with van der Waals surface area (Å²) in [7, 11) is 0. The number of β-amino-alcohol motifs (C(OH)–C–C–N with tert-alkyl or cyclic N) is 1. The molecular weight excluding hydrogens is 176 g/mol. The molecule has 0 spiro atoms. The maximum absolute atomic E-state index is 10.0. The van der Waals surface area contributed by atoms with Gasteiger partial charge in [-0.3, -0.25) is 4.90 Å². The van der Waals surface area contributed by atoms with E-state index in [2.05, 4.69) is 10.2 Å².